The Morgan fingerprint density at radius 3 is 2.96 bits per heavy atom. The number of nitrogens with zero attached hydrogens (tertiary/aromatic N) is 3. The predicted molar refractivity (Wildman–Crippen MR) is 112 cm³/mol. The van der Waals surface area contributed by atoms with Crippen LogP contribution in [0.25, 0.3) is 15.9 Å². The molecule has 1 fully saturated rings. The van der Waals surface area contributed by atoms with Gasteiger partial charge in [0.2, 0.25) is 0 Å². The van der Waals surface area contributed by atoms with Crippen LogP contribution in [0.3, 0.4) is 0 Å². The van der Waals surface area contributed by atoms with Crippen molar-refractivity contribution in [1.82, 2.24) is 14.4 Å². The van der Waals surface area contributed by atoms with Crippen molar-refractivity contribution in [2.75, 3.05) is 6.54 Å². The first-order valence-electron chi connectivity index (χ1n) is 9.86. The van der Waals surface area contributed by atoms with Gasteiger partial charge in [-0.1, -0.05) is 18.2 Å². The van der Waals surface area contributed by atoms with Crippen LogP contribution in [0.15, 0.2) is 53.5 Å². The minimum atomic E-state index is -0.00311. The Bertz CT molecular complexity index is 1180. The van der Waals surface area contributed by atoms with Crippen LogP contribution in [-0.2, 0) is 6.54 Å². The first kappa shape index (κ1) is 17.5. The van der Waals surface area contributed by atoms with Gasteiger partial charge in [-0.3, -0.25) is 9.20 Å². The largest absolute Gasteiger partial charge is 0.322 e. The maximum absolute atomic E-state index is 12.6. The lowest BCUT2D eigenvalue weighted by Crippen LogP contribution is -3.11. The Balaban J connectivity index is 1.48. The van der Waals surface area contributed by atoms with E-state index in [1.54, 1.807) is 10.5 Å². The highest BCUT2D eigenvalue weighted by molar-refractivity contribution is 7.18. The summed E-state index contributed by atoms with van der Waals surface area (Å²) in [6.07, 6.45) is 5.44. The number of aromatic nitrogens is 3. The Kier molecular flexibility index (Phi) is 4.45. The van der Waals surface area contributed by atoms with Crippen LogP contribution in [0.5, 0.6) is 0 Å². The van der Waals surface area contributed by atoms with Gasteiger partial charge in [-0.2, -0.15) is 0 Å². The third-order valence-electron chi connectivity index (χ3n) is 5.61. The molecule has 1 saturated heterocycles. The van der Waals surface area contributed by atoms with Gasteiger partial charge >= 0.3 is 0 Å². The summed E-state index contributed by atoms with van der Waals surface area (Å²) in [6, 6.07) is 14.4. The third kappa shape index (κ3) is 3.23. The van der Waals surface area contributed by atoms with Crippen LogP contribution in [0.2, 0.25) is 0 Å². The molecule has 1 aliphatic rings. The molecule has 0 amide bonds. The summed E-state index contributed by atoms with van der Waals surface area (Å²) in [4.78, 5) is 23.7. The highest BCUT2D eigenvalue weighted by atomic mass is 32.1. The van der Waals surface area contributed by atoms with Crippen LogP contribution in [-0.4, -0.2) is 20.9 Å². The molecule has 0 spiro atoms. The minimum absolute atomic E-state index is 0.00311. The molecular weight excluding hydrogens is 368 g/mol. The molecule has 5 nitrogen and oxygen atoms in total. The molecule has 3 aromatic heterocycles. The molecule has 1 aliphatic heterocycles. The fourth-order valence-electron chi connectivity index (χ4n) is 4.21. The van der Waals surface area contributed by atoms with E-state index in [1.165, 1.54) is 27.4 Å². The molecule has 5 rings (SSSR count). The van der Waals surface area contributed by atoms with Gasteiger partial charge in [0, 0.05) is 18.7 Å². The van der Waals surface area contributed by atoms with E-state index in [1.807, 2.05) is 42.7 Å². The molecule has 142 valence electrons. The van der Waals surface area contributed by atoms with Crippen LogP contribution in [0.4, 0.5) is 0 Å². The Morgan fingerprint density at radius 1 is 1.18 bits per heavy atom. The van der Waals surface area contributed by atoms with E-state index in [4.69, 9.17) is 9.97 Å². The molecule has 1 aromatic carbocycles. The second-order valence-electron chi connectivity index (χ2n) is 7.67. The molecule has 28 heavy (non-hydrogen) atoms. The standard InChI is InChI=1S/C22H22N4OS/c1-15-9-10-20-23-16(12-21(27)26(20)13-15)14-25-11-5-4-7-18(25)22-24-17-6-2-3-8-19(17)28-22/h2-3,6,8-10,12-13,18H,4-5,7,11,14H2,1H3/p+1/t18-/m0/s1. The molecule has 6 heteroatoms. The van der Waals surface area contributed by atoms with Gasteiger partial charge < -0.3 is 4.90 Å². The average molecular weight is 392 g/mol. The molecule has 4 aromatic rings. The summed E-state index contributed by atoms with van der Waals surface area (Å²) in [5.74, 6) is 0. The highest BCUT2D eigenvalue weighted by Crippen LogP contribution is 2.28. The zero-order chi connectivity index (χ0) is 19.1. The fourth-order valence-corrected chi connectivity index (χ4v) is 5.37. The lowest BCUT2D eigenvalue weighted by molar-refractivity contribution is -0.950. The van der Waals surface area contributed by atoms with Crippen molar-refractivity contribution in [1.29, 1.82) is 0 Å². The van der Waals surface area contributed by atoms with Crippen molar-refractivity contribution in [2.45, 2.75) is 38.8 Å². The topological polar surface area (TPSA) is 51.7 Å². The first-order valence-corrected chi connectivity index (χ1v) is 10.7. The Morgan fingerprint density at radius 2 is 2.07 bits per heavy atom. The number of rotatable bonds is 3. The van der Waals surface area contributed by atoms with Gasteiger partial charge in [-0.15, -0.1) is 11.3 Å². The van der Waals surface area contributed by atoms with Crippen LogP contribution < -0.4 is 10.5 Å². The number of benzene rings is 1. The number of fused-ring (bicyclic) bond motifs is 2. The molecule has 0 radical (unpaired) electrons. The summed E-state index contributed by atoms with van der Waals surface area (Å²) in [5, 5.41) is 1.21. The first-order chi connectivity index (χ1) is 13.7. The minimum Gasteiger partial charge on any atom is -0.322 e. The molecule has 1 unspecified atom stereocenters. The van der Waals surface area contributed by atoms with Crippen molar-refractivity contribution < 1.29 is 4.90 Å². The summed E-state index contributed by atoms with van der Waals surface area (Å²) in [7, 11) is 0. The van der Waals surface area contributed by atoms with E-state index in [9.17, 15) is 4.79 Å². The highest BCUT2D eigenvalue weighted by Gasteiger charge is 2.31. The number of para-hydroxylation sites is 1. The van der Waals surface area contributed by atoms with Gasteiger partial charge in [-0.05, 0) is 43.5 Å². The number of likely N-dealkylation sites (tertiary alicyclic amines) is 1. The number of pyridine rings is 1. The fraction of sp³-hybridized carbons (Fsp3) is 0.318. The number of thiazole rings is 1. The lowest BCUT2D eigenvalue weighted by Gasteiger charge is -2.31. The number of aryl methyl sites for hydroxylation is 1. The van der Waals surface area contributed by atoms with Gasteiger partial charge in [0.1, 0.15) is 23.9 Å². The number of piperidine rings is 1. The SMILES string of the molecule is Cc1ccc2nc(C[NH+]3CCCC[C@H]3c3nc4ccccc4s3)cc(=O)n2c1. The van der Waals surface area contributed by atoms with Crippen LogP contribution in [0, 0.1) is 6.92 Å². The molecule has 1 N–H and O–H groups in total. The monoisotopic (exact) mass is 391 g/mol. The molecular formula is C22H23N4OS+. The van der Waals surface area contributed by atoms with Crippen LogP contribution in [0.1, 0.15) is 41.6 Å². The van der Waals surface area contributed by atoms with Crippen molar-refractivity contribution in [3.05, 3.63) is 75.3 Å². The number of quaternary nitrogens is 1. The zero-order valence-corrected chi connectivity index (χ0v) is 16.7. The van der Waals surface area contributed by atoms with E-state index in [2.05, 4.69) is 18.2 Å². The number of hydrogen-bond donors (Lipinski definition) is 1. The van der Waals surface area contributed by atoms with Crippen LogP contribution >= 0.6 is 11.3 Å². The predicted octanol–water partition coefficient (Wildman–Crippen LogP) is 2.92. The second-order valence-corrected chi connectivity index (χ2v) is 8.74. The quantitative estimate of drug-likeness (QED) is 0.584. The molecule has 0 bridgehead atoms. The van der Waals surface area contributed by atoms with Crippen molar-refractivity contribution >= 4 is 27.2 Å². The molecule has 0 aliphatic carbocycles. The van der Waals surface area contributed by atoms with E-state index in [0.29, 0.717) is 6.04 Å². The van der Waals surface area contributed by atoms with Crippen molar-refractivity contribution in [3.8, 4) is 0 Å². The third-order valence-corrected chi connectivity index (χ3v) is 6.76. The van der Waals surface area contributed by atoms with Gasteiger partial charge in [0.05, 0.1) is 16.8 Å². The van der Waals surface area contributed by atoms with Crippen molar-refractivity contribution in [2.24, 2.45) is 0 Å². The second kappa shape index (κ2) is 7.11. The zero-order valence-electron chi connectivity index (χ0n) is 15.9. The maximum Gasteiger partial charge on any atom is 0.258 e. The van der Waals surface area contributed by atoms with E-state index < -0.39 is 0 Å². The summed E-state index contributed by atoms with van der Waals surface area (Å²) in [5.41, 5.74) is 3.74. The molecule has 4 heterocycles. The summed E-state index contributed by atoms with van der Waals surface area (Å²) in [6.45, 7) is 3.84. The van der Waals surface area contributed by atoms with E-state index in [0.717, 1.165) is 41.9 Å². The van der Waals surface area contributed by atoms with Crippen molar-refractivity contribution in [3.63, 3.8) is 0 Å². The smallest absolute Gasteiger partial charge is 0.258 e. The lowest BCUT2D eigenvalue weighted by atomic mass is 10.0. The van der Waals surface area contributed by atoms with Gasteiger partial charge in [0.15, 0.2) is 5.01 Å². The maximum atomic E-state index is 12.6. The van der Waals surface area contributed by atoms with E-state index in [-0.39, 0.29) is 5.56 Å². The van der Waals surface area contributed by atoms with E-state index >= 15 is 0 Å². The Labute approximate surface area is 167 Å². The normalized spacial score (nSPS) is 20.0. The molecule has 2 atom stereocenters. The number of nitrogens with one attached hydrogen (secondary N) is 1. The summed E-state index contributed by atoms with van der Waals surface area (Å²) >= 11 is 1.81. The molecule has 0 saturated carbocycles. The summed E-state index contributed by atoms with van der Waals surface area (Å²) < 4.78 is 2.88. The number of hydrogen-bond acceptors (Lipinski definition) is 4. The van der Waals surface area contributed by atoms with Gasteiger partial charge in [-0.25, -0.2) is 9.97 Å². The van der Waals surface area contributed by atoms with Gasteiger partial charge in [0.25, 0.3) is 5.56 Å². The Hall–Kier alpha value is -2.57. The average Bonchev–Trinajstić information content (AvgIpc) is 3.13.